The molecule has 0 radical (unpaired) electrons. The molecule has 1 unspecified atom stereocenters. The molecule has 0 aliphatic carbocycles. The summed E-state index contributed by atoms with van der Waals surface area (Å²) in [6, 6.07) is 47.1. The topological polar surface area (TPSA) is 52.6 Å². The molecular formula is C49H45N3O. The maximum Gasteiger partial charge on any atom is 0.146 e. The molecule has 1 aromatic heterocycles. The highest BCUT2D eigenvalue weighted by Crippen LogP contribution is 2.44. The zero-order valence-corrected chi connectivity index (χ0v) is 31.1. The van der Waals surface area contributed by atoms with Crippen LogP contribution in [0.25, 0.3) is 44.2 Å². The van der Waals surface area contributed by atoms with Crippen molar-refractivity contribution < 1.29 is 4.42 Å². The minimum Gasteiger partial charge on any atom is -0.455 e. The third kappa shape index (κ3) is 6.51. The molecule has 0 bridgehead atoms. The molecule has 4 heteroatoms. The lowest BCUT2D eigenvalue weighted by molar-refractivity contribution is 0.668. The van der Waals surface area contributed by atoms with Crippen molar-refractivity contribution in [2.24, 2.45) is 4.99 Å². The van der Waals surface area contributed by atoms with Crippen molar-refractivity contribution in [1.82, 2.24) is 0 Å². The van der Waals surface area contributed by atoms with Crippen LogP contribution in [-0.2, 0) is 0 Å². The first-order valence-electron chi connectivity index (χ1n) is 18.7. The fourth-order valence-corrected chi connectivity index (χ4v) is 7.66. The number of aryl methyl sites for hydroxylation is 1. The lowest BCUT2D eigenvalue weighted by atomic mass is 9.86. The number of benzene rings is 6. The number of aliphatic imine (C=N–C) groups is 1. The quantitative estimate of drug-likeness (QED) is 0.127. The first kappa shape index (κ1) is 34.1. The number of hydrogen-bond donors (Lipinski definition) is 1. The molecular weight excluding hydrogens is 647 g/mol. The molecule has 1 atom stereocenters. The fourth-order valence-electron chi connectivity index (χ4n) is 7.66. The summed E-state index contributed by atoms with van der Waals surface area (Å²) in [4.78, 5) is 7.03. The van der Waals surface area contributed by atoms with Crippen molar-refractivity contribution in [3.8, 4) is 22.3 Å². The van der Waals surface area contributed by atoms with E-state index in [1.807, 2.05) is 18.5 Å². The molecule has 0 fully saturated rings. The molecule has 262 valence electrons. The summed E-state index contributed by atoms with van der Waals surface area (Å²) in [5.74, 6) is 0.852. The first-order valence-corrected chi connectivity index (χ1v) is 18.7. The van der Waals surface area contributed by atoms with Gasteiger partial charge in [0.15, 0.2) is 0 Å². The predicted molar refractivity (Wildman–Crippen MR) is 224 cm³/mol. The van der Waals surface area contributed by atoms with E-state index in [0.717, 1.165) is 50.0 Å². The zero-order chi connectivity index (χ0) is 36.6. The van der Waals surface area contributed by atoms with Crippen LogP contribution in [0.4, 0.5) is 5.69 Å². The van der Waals surface area contributed by atoms with Gasteiger partial charge in [-0.05, 0) is 88.0 Å². The van der Waals surface area contributed by atoms with E-state index in [4.69, 9.17) is 9.41 Å². The Hall–Kier alpha value is -6.00. The van der Waals surface area contributed by atoms with Crippen molar-refractivity contribution in [3.05, 3.63) is 173 Å². The molecule has 7 aromatic rings. The summed E-state index contributed by atoms with van der Waals surface area (Å²) < 4.78 is 6.77. The highest BCUT2D eigenvalue weighted by molar-refractivity contribution is 6.20. The molecule has 0 saturated carbocycles. The third-order valence-electron chi connectivity index (χ3n) is 10.5. The van der Waals surface area contributed by atoms with Crippen LogP contribution in [-0.4, -0.2) is 12.1 Å². The van der Waals surface area contributed by atoms with E-state index in [1.165, 1.54) is 33.4 Å². The van der Waals surface area contributed by atoms with Crippen molar-refractivity contribution in [3.63, 3.8) is 0 Å². The van der Waals surface area contributed by atoms with Gasteiger partial charge in [-0.25, -0.2) is 0 Å². The number of rotatable bonds is 8. The molecule has 1 aliphatic rings. The highest BCUT2D eigenvalue weighted by Gasteiger charge is 2.31. The van der Waals surface area contributed by atoms with Gasteiger partial charge in [-0.1, -0.05) is 136 Å². The number of fused-ring (bicyclic) bond motifs is 3. The van der Waals surface area contributed by atoms with E-state index < -0.39 is 0 Å². The molecule has 0 amide bonds. The summed E-state index contributed by atoms with van der Waals surface area (Å²) in [5, 5.41) is 12.3. The molecule has 8 rings (SSSR count). The van der Waals surface area contributed by atoms with Gasteiger partial charge in [0, 0.05) is 41.2 Å². The average molecular weight is 692 g/mol. The number of nitrogens with zero attached hydrogens (tertiary/aromatic N) is 2. The second-order valence-corrected chi connectivity index (χ2v) is 14.9. The highest BCUT2D eigenvalue weighted by atomic mass is 16.3. The van der Waals surface area contributed by atoms with Gasteiger partial charge in [-0.2, -0.15) is 0 Å². The Morgan fingerprint density at radius 2 is 1.32 bits per heavy atom. The number of anilines is 1. The van der Waals surface area contributed by atoms with Crippen molar-refractivity contribution >= 4 is 39.7 Å². The van der Waals surface area contributed by atoms with Crippen LogP contribution in [0.1, 0.15) is 79.7 Å². The second kappa shape index (κ2) is 14.2. The second-order valence-electron chi connectivity index (χ2n) is 14.9. The van der Waals surface area contributed by atoms with Gasteiger partial charge < -0.3 is 4.42 Å². The van der Waals surface area contributed by atoms with Crippen LogP contribution in [0.3, 0.4) is 0 Å². The molecule has 4 nitrogen and oxygen atoms in total. The minimum absolute atomic E-state index is 0.0854. The third-order valence-corrected chi connectivity index (χ3v) is 10.5. The first-order chi connectivity index (χ1) is 25.8. The predicted octanol–water partition coefficient (Wildman–Crippen LogP) is 13.4. The van der Waals surface area contributed by atoms with Crippen LogP contribution in [0.5, 0.6) is 0 Å². The molecule has 1 aliphatic heterocycles. The maximum atomic E-state index is 10.2. The van der Waals surface area contributed by atoms with Crippen LogP contribution in [0.15, 0.2) is 155 Å². The van der Waals surface area contributed by atoms with Gasteiger partial charge >= 0.3 is 0 Å². The van der Waals surface area contributed by atoms with E-state index in [9.17, 15) is 5.41 Å². The summed E-state index contributed by atoms with van der Waals surface area (Å²) in [5.41, 5.74) is 13.8. The van der Waals surface area contributed by atoms with Crippen LogP contribution >= 0.6 is 0 Å². The van der Waals surface area contributed by atoms with Crippen LogP contribution in [0.2, 0.25) is 0 Å². The molecule has 53 heavy (non-hydrogen) atoms. The lowest BCUT2D eigenvalue weighted by Gasteiger charge is -2.35. The molecule has 0 saturated heterocycles. The smallest absolute Gasteiger partial charge is 0.146 e. The number of furan rings is 1. The monoisotopic (exact) mass is 691 g/mol. The van der Waals surface area contributed by atoms with Gasteiger partial charge in [0.2, 0.25) is 0 Å². The molecule has 2 heterocycles. The standard InChI is InChI=1S/C49H45N3O/c1-31(2)44-26-38(34-13-8-6-9-14-34)27-45(32(3)4)47(44)52(40-25-39(29-51-30-40)35-15-10-7-11-16-35)49(50)43-18-12-17-42-41-24-23-37(28-46(41)53-48(42)43)36-21-19-33(5)20-22-36/h6-24,26-32,39,50H,25H2,1-5H3. The Labute approximate surface area is 312 Å². The van der Waals surface area contributed by atoms with Crippen molar-refractivity contribution in [1.29, 1.82) is 5.41 Å². The Bertz CT molecular complexity index is 2470. The van der Waals surface area contributed by atoms with Gasteiger partial charge in [-0.15, -0.1) is 0 Å². The summed E-state index contributed by atoms with van der Waals surface area (Å²) in [6.45, 7) is 11.1. The number of allylic oxidation sites excluding steroid dienone is 1. The summed E-state index contributed by atoms with van der Waals surface area (Å²) in [6.07, 6.45) is 4.71. The SMILES string of the molecule is Cc1ccc(-c2ccc3c(c2)oc2c(C(=N)N(C4=CN=CC(c5ccccc5)C4)c4c(C(C)C)cc(-c5ccccc5)cc4C(C)C)cccc23)cc1. The zero-order valence-electron chi connectivity index (χ0n) is 31.1. The molecule has 0 spiro atoms. The Morgan fingerprint density at radius 3 is 2.00 bits per heavy atom. The van der Waals surface area contributed by atoms with Crippen molar-refractivity contribution in [2.75, 3.05) is 4.90 Å². The van der Waals surface area contributed by atoms with Gasteiger partial charge in [0.1, 0.15) is 17.0 Å². The number of para-hydroxylation sites is 1. The summed E-state index contributed by atoms with van der Waals surface area (Å²) in [7, 11) is 0. The number of hydrogen-bond acceptors (Lipinski definition) is 3. The van der Waals surface area contributed by atoms with Gasteiger partial charge in [0.25, 0.3) is 0 Å². The number of amidine groups is 1. The van der Waals surface area contributed by atoms with Gasteiger partial charge in [0.05, 0.1) is 11.3 Å². The minimum atomic E-state index is 0.0854. The van der Waals surface area contributed by atoms with E-state index >= 15 is 0 Å². The van der Waals surface area contributed by atoms with E-state index in [2.05, 4.69) is 167 Å². The van der Waals surface area contributed by atoms with Gasteiger partial charge in [-0.3, -0.25) is 15.3 Å². The van der Waals surface area contributed by atoms with Crippen LogP contribution in [0, 0.1) is 12.3 Å². The Morgan fingerprint density at radius 1 is 0.679 bits per heavy atom. The Balaban J connectivity index is 1.32. The summed E-state index contributed by atoms with van der Waals surface area (Å²) >= 11 is 0. The molecule has 6 aromatic carbocycles. The van der Waals surface area contributed by atoms with Crippen LogP contribution < -0.4 is 4.90 Å². The maximum absolute atomic E-state index is 10.2. The Kier molecular flexibility index (Phi) is 9.14. The number of nitrogens with one attached hydrogen (secondary N) is 1. The van der Waals surface area contributed by atoms with Crippen molar-refractivity contribution in [2.45, 2.75) is 58.8 Å². The average Bonchev–Trinajstić information content (AvgIpc) is 3.57. The lowest BCUT2D eigenvalue weighted by Crippen LogP contribution is -2.34. The fraction of sp³-hybridized carbons (Fsp3) is 0.184. The van der Waals surface area contributed by atoms with E-state index in [-0.39, 0.29) is 17.8 Å². The van der Waals surface area contributed by atoms with E-state index in [0.29, 0.717) is 12.3 Å². The largest absolute Gasteiger partial charge is 0.455 e. The molecule has 1 N–H and O–H groups in total. The van der Waals surface area contributed by atoms with E-state index in [1.54, 1.807) is 0 Å². The normalized spacial score (nSPS) is 14.3.